The SMILES string of the molecule is CONC(=O)c1ncc(NC(=O)Nc2cnc3cc(Cl)nn3c2[C@H](C)OC)cc1C1CC1. The van der Waals surface area contributed by atoms with Crippen LogP contribution >= 0.6 is 11.6 Å². The number of nitrogens with one attached hydrogen (secondary N) is 3. The topological polar surface area (TPSA) is 132 Å². The van der Waals surface area contributed by atoms with E-state index in [9.17, 15) is 9.59 Å². The van der Waals surface area contributed by atoms with E-state index < -0.39 is 18.0 Å². The Morgan fingerprint density at radius 3 is 2.66 bits per heavy atom. The highest BCUT2D eigenvalue weighted by Crippen LogP contribution is 2.42. The second kappa shape index (κ2) is 9.07. The van der Waals surface area contributed by atoms with E-state index in [1.165, 1.54) is 24.0 Å². The van der Waals surface area contributed by atoms with Crippen LogP contribution in [-0.4, -0.2) is 45.7 Å². The van der Waals surface area contributed by atoms with E-state index in [0.29, 0.717) is 22.7 Å². The fraction of sp³-hybridized carbons (Fsp3) is 0.350. The lowest BCUT2D eigenvalue weighted by Crippen LogP contribution is -2.25. The highest BCUT2D eigenvalue weighted by molar-refractivity contribution is 6.29. The van der Waals surface area contributed by atoms with Crippen molar-refractivity contribution in [1.82, 2.24) is 25.1 Å². The van der Waals surface area contributed by atoms with Crippen LogP contribution in [0.3, 0.4) is 0 Å². The van der Waals surface area contributed by atoms with Crippen LogP contribution in [0, 0.1) is 0 Å². The minimum Gasteiger partial charge on any atom is -0.375 e. The van der Waals surface area contributed by atoms with E-state index >= 15 is 0 Å². The summed E-state index contributed by atoms with van der Waals surface area (Å²) in [7, 11) is 2.91. The molecule has 1 atom stereocenters. The first-order valence-electron chi connectivity index (χ1n) is 9.89. The molecule has 0 saturated heterocycles. The maximum atomic E-state index is 12.7. The number of nitrogens with zero attached hydrogens (tertiary/aromatic N) is 4. The van der Waals surface area contributed by atoms with Crippen LogP contribution in [0.5, 0.6) is 0 Å². The van der Waals surface area contributed by atoms with Gasteiger partial charge in [0.15, 0.2) is 10.8 Å². The van der Waals surface area contributed by atoms with Crippen molar-refractivity contribution in [2.24, 2.45) is 0 Å². The van der Waals surface area contributed by atoms with Gasteiger partial charge in [-0.2, -0.15) is 5.10 Å². The number of halogens is 1. The van der Waals surface area contributed by atoms with Gasteiger partial charge in [0.25, 0.3) is 5.91 Å². The Morgan fingerprint density at radius 2 is 1.97 bits per heavy atom. The summed E-state index contributed by atoms with van der Waals surface area (Å²) in [5, 5.41) is 10.0. The van der Waals surface area contributed by atoms with Gasteiger partial charge in [0, 0.05) is 13.2 Å². The zero-order valence-corrected chi connectivity index (χ0v) is 18.4. The molecular formula is C20H22ClN7O4. The second-order valence-corrected chi connectivity index (χ2v) is 7.71. The van der Waals surface area contributed by atoms with Crippen LogP contribution in [0.1, 0.15) is 53.5 Å². The van der Waals surface area contributed by atoms with Gasteiger partial charge in [-0.05, 0) is 37.3 Å². The summed E-state index contributed by atoms with van der Waals surface area (Å²) in [5.41, 5.74) is 5.31. The highest BCUT2D eigenvalue weighted by Gasteiger charge is 2.29. The summed E-state index contributed by atoms with van der Waals surface area (Å²) in [6.45, 7) is 1.82. The molecule has 11 nitrogen and oxygen atoms in total. The Bertz CT molecular complexity index is 1180. The summed E-state index contributed by atoms with van der Waals surface area (Å²) in [5.74, 6) is -0.198. The van der Waals surface area contributed by atoms with Crippen molar-refractivity contribution >= 4 is 40.6 Å². The molecule has 1 aliphatic rings. The van der Waals surface area contributed by atoms with Crippen molar-refractivity contribution in [3.8, 4) is 0 Å². The number of methoxy groups -OCH3 is 1. The zero-order chi connectivity index (χ0) is 22.8. The van der Waals surface area contributed by atoms with Gasteiger partial charge in [0.05, 0.1) is 42.7 Å². The fourth-order valence-corrected chi connectivity index (χ4v) is 3.57. The zero-order valence-electron chi connectivity index (χ0n) is 17.7. The monoisotopic (exact) mass is 459 g/mol. The number of pyridine rings is 1. The molecule has 3 aromatic heterocycles. The van der Waals surface area contributed by atoms with Crippen molar-refractivity contribution in [3.63, 3.8) is 0 Å². The van der Waals surface area contributed by atoms with E-state index in [2.05, 4.69) is 31.2 Å². The Morgan fingerprint density at radius 1 is 1.19 bits per heavy atom. The van der Waals surface area contributed by atoms with E-state index in [1.807, 2.05) is 6.92 Å². The number of urea groups is 1. The number of hydrogen-bond donors (Lipinski definition) is 3. The van der Waals surface area contributed by atoms with Crippen molar-refractivity contribution in [2.45, 2.75) is 31.8 Å². The third kappa shape index (κ3) is 4.49. The smallest absolute Gasteiger partial charge is 0.323 e. The van der Waals surface area contributed by atoms with E-state index in [1.54, 1.807) is 19.2 Å². The van der Waals surface area contributed by atoms with Crippen LogP contribution in [-0.2, 0) is 9.57 Å². The summed E-state index contributed by atoms with van der Waals surface area (Å²) in [4.78, 5) is 38.1. The van der Waals surface area contributed by atoms with Gasteiger partial charge in [0.1, 0.15) is 5.69 Å². The average Bonchev–Trinajstić information content (AvgIpc) is 3.54. The first-order chi connectivity index (χ1) is 15.4. The number of fused-ring (bicyclic) bond motifs is 1. The van der Waals surface area contributed by atoms with Crippen molar-refractivity contribution < 1.29 is 19.2 Å². The predicted octanol–water partition coefficient (Wildman–Crippen LogP) is 3.30. The number of carbonyl (C=O) groups is 2. The van der Waals surface area contributed by atoms with Crippen LogP contribution in [0.15, 0.2) is 24.5 Å². The third-order valence-corrected chi connectivity index (χ3v) is 5.26. The van der Waals surface area contributed by atoms with Gasteiger partial charge in [0.2, 0.25) is 0 Å². The molecule has 168 valence electrons. The van der Waals surface area contributed by atoms with E-state index in [0.717, 1.165) is 18.4 Å². The van der Waals surface area contributed by atoms with Crippen molar-refractivity contribution in [1.29, 1.82) is 0 Å². The summed E-state index contributed by atoms with van der Waals surface area (Å²) < 4.78 is 6.97. The average molecular weight is 460 g/mol. The van der Waals surface area contributed by atoms with Crippen LogP contribution in [0.2, 0.25) is 5.15 Å². The maximum Gasteiger partial charge on any atom is 0.323 e. The molecule has 0 aliphatic heterocycles. The first kappa shape index (κ1) is 21.9. The lowest BCUT2D eigenvalue weighted by Gasteiger charge is -2.17. The molecule has 1 aliphatic carbocycles. The maximum absolute atomic E-state index is 12.7. The molecule has 0 spiro atoms. The molecule has 1 fully saturated rings. The van der Waals surface area contributed by atoms with E-state index in [-0.39, 0.29) is 16.8 Å². The van der Waals surface area contributed by atoms with Gasteiger partial charge in [-0.25, -0.2) is 24.8 Å². The van der Waals surface area contributed by atoms with Crippen LogP contribution in [0.25, 0.3) is 5.65 Å². The highest BCUT2D eigenvalue weighted by atomic mass is 35.5. The lowest BCUT2D eigenvalue weighted by atomic mass is 10.1. The van der Waals surface area contributed by atoms with Gasteiger partial charge >= 0.3 is 6.03 Å². The van der Waals surface area contributed by atoms with Gasteiger partial charge in [-0.1, -0.05) is 11.6 Å². The number of amides is 3. The molecule has 1 saturated carbocycles. The van der Waals surface area contributed by atoms with Crippen molar-refractivity contribution in [3.05, 3.63) is 46.6 Å². The van der Waals surface area contributed by atoms with Crippen LogP contribution in [0.4, 0.5) is 16.2 Å². The molecule has 3 N–H and O–H groups in total. The molecule has 3 amide bonds. The van der Waals surface area contributed by atoms with Gasteiger partial charge in [-0.15, -0.1) is 0 Å². The van der Waals surface area contributed by atoms with E-state index in [4.69, 9.17) is 21.2 Å². The molecule has 0 bridgehead atoms. The first-order valence-corrected chi connectivity index (χ1v) is 10.3. The minimum atomic E-state index is -0.508. The Balaban J connectivity index is 1.57. The lowest BCUT2D eigenvalue weighted by molar-refractivity contribution is 0.0531. The van der Waals surface area contributed by atoms with Crippen LogP contribution < -0.4 is 16.1 Å². The normalized spacial score (nSPS) is 14.2. The number of aromatic nitrogens is 4. The predicted molar refractivity (Wildman–Crippen MR) is 117 cm³/mol. The number of rotatable bonds is 7. The second-order valence-electron chi connectivity index (χ2n) is 7.32. The number of hydrogen-bond acceptors (Lipinski definition) is 7. The summed E-state index contributed by atoms with van der Waals surface area (Å²) in [6.07, 6.45) is 4.46. The molecule has 4 rings (SSSR count). The fourth-order valence-electron chi connectivity index (χ4n) is 3.39. The summed E-state index contributed by atoms with van der Waals surface area (Å²) in [6, 6.07) is 2.86. The molecule has 3 aromatic rings. The minimum absolute atomic E-state index is 0.232. The standard InChI is InChI=1S/C20H22ClN7O4/c1-10(31-2)18-14(9-22-16-7-15(21)26-28(16)18)25-20(30)24-12-6-13(11-4-5-11)17(23-8-12)19(29)27-32-3/h6-11H,4-5H2,1-3H3,(H,27,29)(H2,24,25,30)/t10-/m0/s1. The molecule has 3 heterocycles. The number of anilines is 2. The van der Waals surface area contributed by atoms with Crippen molar-refractivity contribution in [2.75, 3.05) is 24.9 Å². The quantitative estimate of drug-likeness (QED) is 0.462. The largest absolute Gasteiger partial charge is 0.375 e. The molecule has 32 heavy (non-hydrogen) atoms. The molecular weight excluding hydrogens is 438 g/mol. The number of carbonyl (C=O) groups excluding carboxylic acids is 2. The molecule has 12 heteroatoms. The number of hydroxylamine groups is 1. The van der Waals surface area contributed by atoms with Gasteiger partial charge in [-0.3, -0.25) is 9.63 Å². The number of ether oxygens (including phenoxy) is 1. The summed E-state index contributed by atoms with van der Waals surface area (Å²) >= 11 is 6.01. The molecule has 0 aromatic carbocycles. The Kier molecular flexibility index (Phi) is 6.21. The van der Waals surface area contributed by atoms with Gasteiger partial charge < -0.3 is 15.4 Å². The Labute approximate surface area is 188 Å². The molecule has 0 radical (unpaired) electrons. The third-order valence-electron chi connectivity index (χ3n) is 5.08. The molecule has 0 unspecified atom stereocenters. The Hall–Kier alpha value is -3.28.